The van der Waals surface area contributed by atoms with E-state index in [9.17, 15) is 31.1 Å². The minimum absolute atomic E-state index is 0.00724. The van der Waals surface area contributed by atoms with Gasteiger partial charge in [0.05, 0.1) is 16.6 Å². The minimum atomic E-state index is -4.98. The summed E-state index contributed by atoms with van der Waals surface area (Å²) in [5.41, 5.74) is -3.81. The number of nitrogens with zero attached hydrogens (tertiary/aromatic N) is 2. The number of aromatic nitrogens is 2. The molecule has 1 aliphatic rings. The smallest absolute Gasteiger partial charge is 0.342 e. The topological polar surface area (TPSA) is 61.0 Å². The van der Waals surface area contributed by atoms with E-state index in [-0.39, 0.29) is 36.2 Å². The third-order valence-electron chi connectivity index (χ3n) is 4.31. The lowest BCUT2D eigenvalue weighted by Crippen LogP contribution is -2.46. The van der Waals surface area contributed by atoms with Gasteiger partial charge in [-0.15, -0.1) is 0 Å². The molecular weight excluding hydrogens is 378 g/mol. The van der Waals surface area contributed by atoms with Crippen LogP contribution in [0.2, 0.25) is 0 Å². The van der Waals surface area contributed by atoms with Crippen LogP contribution >= 0.6 is 0 Å². The number of aromatic amines is 1. The molecule has 11 heteroatoms. The Labute approximate surface area is 149 Å². The van der Waals surface area contributed by atoms with Crippen molar-refractivity contribution < 1.29 is 31.1 Å². The van der Waals surface area contributed by atoms with E-state index in [1.807, 2.05) is 0 Å². The molecule has 0 bridgehead atoms. The molecule has 0 atom stereocenters. The summed E-state index contributed by atoms with van der Waals surface area (Å²) >= 11 is 0. The molecule has 1 fully saturated rings. The van der Waals surface area contributed by atoms with Crippen LogP contribution in [-0.4, -0.2) is 47.0 Å². The van der Waals surface area contributed by atoms with E-state index in [2.05, 4.69) is 15.3 Å². The SMILES string of the molecule is O=C(CCc1nc2c(C(F)(F)F)cc(C(F)(F)F)cc2[nH]1)N1CCNCC1. The Morgan fingerprint density at radius 2 is 1.74 bits per heavy atom. The zero-order chi connectivity index (χ0) is 19.8. The summed E-state index contributed by atoms with van der Waals surface area (Å²) in [5, 5.41) is 3.09. The van der Waals surface area contributed by atoms with Gasteiger partial charge in [0, 0.05) is 39.0 Å². The first-order valence-electron chi connectivity index (χ1n) is 8.21. The summed E-state index contributed by atoms with van der Waals surface area (Å²) < 4.78 is 78.2. The van der Waals surface area contributed by atoms with Crippen molar-refractivity contribution in [2.45, 2.75) is 25.2 Å². The molecule has 0 spiro atoms. The normalized spacial score (nSPS) is 16.1. The fourth-order valence-electron chi connectivity index (χ4n) is 2.96. The number of halogens is 6. The molecule has 5 nitrogen and oxygen atoms in total. The Morgan fingerprint density at radius 3 is 2.33 bits per heavy atom. The monoisotopic (exact) mass is 394 g/mol. The van der Waals surface area contributed by atoms with E-state index < -0.39 is 29.0 Å². The zero-order valence-corrected chi connectivity index (χ0v) is 14.0. The second-order valence-electron chi connectivity index (χ2n) is 6.23. The first-order valence-corrected chi connectivity index (χ1v) is 8.21. The van der Waals surface area contributed by atoms with E-state index in [1.165, 1.54) is 0 Å². The van der Waals surface area contributed by atoms with Gasteiger partial charge in [0.25, 0.3) is 0 Å². The maximum atomic E-state index is 13.2. The molecule has 0 unspecified atom stereocenters. The third-order valence-corrected chi connectivity index (χ3v) is 4.31. The highest BCUT2D eigenvalue weighted by Gasteiger charge is 2.39. The molecule has 148 valence electrons. The Bertz CT molecular complexity index is 836. The quantitative estimate of drug-likeness (QED) is 0.787. The molecule has 1 aromatic carbocycles. The number of amides is 1. The summed E-state index contributed by atoms with van der Waals surface area (Å²) in [5.74, 6) is -0.137. The van der Waals surface area contributed by atoms with Crippen molar-refractivity contribution in [2.75, 3.05) is 26.2 Å². The number of nitrogens with one attached hydrogen (secondary N) is 2. The van der Waals surface area contributed by atoms with Crippen LogP contribution in [0.5, 0.6) is 0 Å². The zero-order valence-electron chi connectivity index (χ0n) is 14.0. The van der Waals surface area contributed by atoms with Crippen LogP contribution in [0.15, 0.2) is 12.1 Å². The van der Waals surface area contributed by atoms with Gasteiger partial charge >= 0.3 is 12.4 Å². The molecule has 27 heavy (non-hydrogen) atoms. The fourth-order valence-corrected chi connectivity index (χ4v) is 2.96. The van der Waals surface area contributed by atoms with Crippen molar-refractivity contribution in [1.29, 1.82) is 0 Å². The fraction of sp³-hybridized carbons (Fsp3) is 0.500. The van der Waals surface area contributed by atoms with Gasteiger partial charge in [0.2, 0.25) is 5.91 Å². The number of piperazine rings is 1. The average Bonchev–Trinajstić information content (AvgIpc) is 3.00. The number of H-pyrrole nitrogens is 1. The summed E-state index contributed by atoms with van der Waals surface area (Å²) in [6.45, 7) is 2.38. The molecular formula is C16H16F6N4O. The van der Waals surface area contributed by atoms with Crippen molar-refractivity contribution in [3.05, 3.63) is 29.1 Å². The van der Waals surface area contributed by atoms with E-state index >= 15 is 0 Å². The second kappa shape index (κ2) is 7.02. The van der Waals surface area contributed by atoms with Crippen LogP contribution in [0.3, 0.4) is 0 Å². The molecule has 0 aliphatic carbocycles. The summed E-state index contributed by atoms with van der Waals surface area (Å²) in [6, 6.07) is 0.651. The molecule has 0 radical (unpaired) electrons. The Morgan fingerprint density at radius 1 is 1.07 bits per heavy atom. The van der Waals surface area contributed by atoms with Crippen molar-refractivity contribution >= 4 is 16.9 Å². The van der Waals surface area contributed by atoms with Crippen molar-refractivity contribution in [1.82, 2.24) is 20.2 Å². The number of carbonyl (C=O) groups excluding carboxylic acids is 1. The van der Waals surface area contributed by atoms with Gasteiger partial charge in [-0.3, -0.25) is 4.79 Å². The van der Waals surface area contributed by atoms with Crippen LogP contribution in [0.25, 0.3) is 11.0 Å². The van der Waals surface area contributed by atoms with E-state index in [0.717, 1.165) is 0 Å². The van der Waals surface area contributed by atoms with E-state index in [0.29, 0.717) is 32.2 Å². The molecule has 1 amide bonds. The first kappa shape index (κ1) is 19.5. The second-order valence-corrected chi connectivity index (χ2v) is 6.23. The number of benzene rings is 1. The van der Waals surface area contributed by atoms with Crippen LogP contribution in [0.1, 0.15) is 23.4 Å². The lowest BCUT2D eigenvalue weighted by Gasteiger charge is -2.27. The number of imidazole rings is 1. The summed E-state index contributed by atoms with van der Waals surface area (Å²) in [4.78, 5) is 20.0. The number of fused-ring (bicyclic) bond motifs is 1. The van der Waals surface area contributed by atoms with Crippen LogP contribution in [-0.2, 0) is 23.6 Å². The Kier molecular flexibility index (Phi) is 5.06. The standard InChI is InChI=1S/C16H16F6N4O/c17-15(18,19)9-7-10(16(20,21)22)14-11(8-9)24-12(25-14)1-2-13(27)26-5-3-23-4-6-26/h7-8,23H,1-6H2,(H,24,25). The number of carbonyl (C=O) groups is 1. The predicted octanol–water partition coefficient (Wildman–Crippen LogP) is 2.96. The lowest BCUT2D eigenvalue weighted by atomic mass is 10.1. The molecule has 3 rings (SSSR count). The molecule has 0 saturated carbocycles. The van der Waals surface area contributed by atoms with E-state index in [4.69, 9.17) is 0 Å². The summed E-state index contributed by atoms with van der Waals surface area (Å²) in [6.07, 6.45) is -9.89. The number of hydrogen-bond donors (Lipinski definition) is 2. The van der Waals surface area contributed by atoms with Gasteiger partial charge in [-0.1, -0.05) is 0 Å². The molecule has 1 aliphatic heterocycles. The van der Waals surface area contributed by atoms with E-state index in [1.54, 1.807) is 4.90 Å². The van der Waals surface area contributed by atoms with Crippen LogP contribution in [0, 0.1) is 0 Å². The maximum absolute atomic E-state index is 13.2. The maximum Gasteiger partial charge on any atom is 0.418 e. The number of aryl methyl sites for hydroxylation is 1. The molecule has 1 saturated heterocycles. The molecule has 2 heterocycles. The van der Waals surface area contributed by atoms with Crippen LogP contribution < -0.4 is 5.32 Å². The molecule has 2 aromatic rings. The lowest BCUT2D eigenvalue weighted by molar-refractivity contribution is -0.142. The third kappa shape index (κ3) is 4.34. The van der Waals surface area contributed by atoms with Gasteiger partial charge in [-0.2, -0.15) is 26.3 Å². The predicted molar refractivity (Wildman–Crippen MR) is 83.9 cm³/mol. The summed E-state index contributed by atoms with van der Waals surface area (Å²) in [7, 11) is 0. The number of rotatable bonds is 3. The number of hydrogen-bond acceptors (Lipinski definition) is 3. The highest BCUT2D eigenvalue weighted by molar-refractivity contribution is 5.81. The largest absolute Gasteiger partial charge is 0.418 e. The van der Waals surface area contributed by atoms with Crippen molar-refractivity contribution in [2.24, 2.45) is 0 Å². The highest BCUT2D eigenvalue weighted by Crippen LogP contribution is 2.39. The first-order chi connectivity index (χ1) is 12.6. The molecule has 2 N–H and O–H groups in total. The van der Waals surface area contributed by atoms with Crippen molar-refractivity contribution in [3.63, 3.8) is 0 Å². The van der Waals surface area contributed by atoms with Crippen LogP contribution in [0.4, 0.5) is 26.3 Å². The van der Waals surface area contributed by atoms with Gasteiger partial charge in [-0.25, -0.2) is 4.98 Å². The Balaban J connectivity index is 1.86. The molecule has 1 aromatic heterocycles. The highest BCUT2D eigenvalue weighted by atomic mass is 19.4. The minimum Gasteiger partial charge on any atom is -0.342 e. The van der Waals surface area contributed by atoms with Gasteiger partial charge < -0.3 is 15.2 Å². The Hall–Kier alpha value is -2.30. The van der Waals surface area contributed by atoms with Gasteiger partial charge in [-0.05, 0) is 12.1 Å². The number of alkyl halides is 6. The van der Waals surface area contributed by atoms with Gasteiger partial charge in [0.15, 0.2) is 0 Å². The van der Waals surface area contributed by atoms with Crippen molar-refractivity contribution in [3.8, 4) is 0 Å². The van der Waals surface area contributed by atoms with Gasteiger partial charge in [0.1, 0.15) is 11.3 Å². The average molecular weight is 394 g/mol.